The van der Waals surface area contributed by atoms with Crippen molar-refractivity contribution in [2.75, 3.05) is 12.8 Å². The Bertz CT molecular complexity index is 603. The molecule has 0 heterocycles. The van der Waals surface area contributed by atoms with Crippen LogP contribution in [0.25, 0.3) is 0 Å². The summed E-state index contributed by atoms with van der Waals surface area (Å²) >= 11 is 0. The Kier molecular flexibility index (Phi) is 6.33. The van der Waals surface area contributed by atoms with Gasteiger partial charge in [-0.1, -0.05) is 19.1 Å². The minimum absolute atomic E-state index is 0.0456. The Morgan fingerprint density at radius 1 is 1.35 bits per heavy atom. The molecule has 0 aromatic heterocycles. The van der Waals surface area contributed by atoms with Gasteiger partial charge in [0.25, 0.3) is 0 Å². The molecule has 0 bridgehead atoms. The third-order valence-electron chi connectivity index (χ3n) is 2.93. The SMILES string of the molecule is CC(CCNS(=O)(=O)c1ccc(CC#N)cc1)S(C)=O. The van der Waals surface area contributed by atoms with Crippen LogP contribution in [0.15, 0.2) is 29.2 Å². The van der Waals surface area contributed by atoms with Crippen molar-refractivity contribution in [2.45, 2.75) is 29.9 Å². The summed E-state index contributed by atoms with van der Waals surface area (Å²) in [7, 11) is -4.50. The molecule has 2 unspecified atom stereocenters. The zero-order chi connectivity index (χ0) is 15.2. The zero-order valence-electron chi connectivity index (χ0n) is 11.5. The fraction of sp³-hybridized carbons (Fsp3) is 0.462. The standard InChI is InChI=1S/C13H18N2O3S2/c1-11(19(2)16)8-10-15-20(17,18)13-5-3-12(4-6-13)7-9-14/h3-6,11,15H,7-8,10H2,1-2H3. The molecule has 0 amide bonds. The van der Waals surface area contributed by atoms with Gasteiger partial charge in [0.15, 0.2) is 0 Å². The third kappa shape index (κ3) is 5.04. The molecule has 1 aromatic rings. The molecule has 1 N–H and O–H groups in total. The van der Waals surface area contributed by atoms with Crippen molar-refractivity contribution in [2.24, 2.45) is 0 Å². The average molecular weight is 314 g/mol. The molecule has 20 heavy (non-hydrogen) atoms. The Labute approximate surface area is 122 Å². The Morgan fingerprint density at radius 3 is 2.45 bits per heavy atom. The first-order chi connectivity index (χ1) is 9.36. The molecule has 5 nitrogen and oxygen atoms in total. The largest absolute Gasteiger partial charge is 0.260 e. The maximum atomic E-state index is 12.0. The van der Waals surface area contributed by atoms with Crippen LogP contribution in [0, 0.1) is 11.3 Å². The van der Waals surface area contributed by atoms with Crippen LogP contribution in [0.4, 0.5) is 0 Å². The predicted molar refractivity (Wildman–Crippen MR) is 79.1 cm³/mol. The second-order valence-corrected chi connectivity index (χ2v) is 8.04. The number of rotatable bonds is 7. The highest BCUT2D eigenvalue weighted by atomic mass is 32.2. The molecule has 0 aliphatic heterocycles. The smallest absolute Gasteiger partial charge is 0.240 e. The van der Waals surface area contributed by atoms with E-state index >= 15 is 0 Å². The number of sulfonamides is 1. The monoisotopic (exact) mass is 314 g/mol. The maximum Gasteiger partial charge on any atom is 0.240 e. The van der Waals surface area contributed by atoms with Gasteiger partial charge in [-0.05, 0) is 24.1 Å². The molecule has 7 heteroatoms. The number of nitrogens with zero attached hydrogens (tertiary/aromatic N) is 1. The molecule has 0 saturated heterocycles. The molecule has 0 aliphatic carbocycles. The number of nitrogens with one attached hydrogen (secondary N) is 1. The summed E-state index contributed by atoms with van der Waals surface area (Å²) in [5.74, 6) is 0. The van der Waals surface area contributed by atoms with Gasteiger partial charge in [-0.2, -0.15) is 5.26 Å². The molecule has 2 atom stereocenters. The number of hydrogen-bond acceptors (Lipinski definition) is 4. The van der Waals surface area contributed by atoms with E-state index in [9.17, 15) is 12.6 Å². The van der Waals surface area contributed by atoms with Crippen molar-refractivity contribution in [3.63, 3.8) is 0 Å². The molecule has 0 spiro atoms. The zero-order valence-corrected chi connectivity index (χ0v) is 13.1. The van der Waals surface area contributed by atoms with Crippen LogP contribution in [0.3, 0.4) is 0 Å². The summed E-state index contributed by atoms with van der Waals surface area (Å²) in [6.45, 7) is 2.07. The summed E-state index contributed by atoms with van der Waals surface area (Å²) in [6.07, 6.45) is 2.38. The van der Waals surface area contributed by atoms with E-state index in [0.717, 1.165) is 5.56 Å². The molecule has 0 saturated carbocycles. The van der Waals surface area contributed by atoms with E-state index in [1.807, 2.05) is 13.0 Å². The van der Waals surface area contributed by atoms with E-state index in [1.54, 1.807) is 18.4 Å². The van der Waals surface area contributed by atoms with Gasteiger partial charge >= 0.3 is 0 Å². The predicted octanol–water partition coefficient (Wildman–Crippen LogP) is 1.19. The molecular weight excluding hydrogens is 296 g/mol. The molecular formula is C13H18N2O3S2. The quantitative estimate of drug-likeness (QED) is 0.819. The minimum atomic E-state index is -3.55. The molecule has 1 rings (SSSR count). The highest BCUT2D eigenvalue weighted by molar-refractivity contribution is 7.89. The van der Waals surface area contributed by atoms with E-state index in [1.165, 1.54) is 12.1 Å². The summed E-state index contributed by atoms with van der Waals surface area (Å²) in [4.78, 5) is 0.171. The lowest BCUT2D eigenvalue weighted by Gasteiger charge is -2.10. The summed E-state index contributed by atoms with van der Waals surface area (Å²) in [6, 6.07) is 8.22. The van der Waals surface area contributed by atoms with Gasteiger partial charge in [-0.3, -0.25) is 4.21 Å². The van der Waals surface area contributed by atoms with Gasteiger partial charge in [-0.25, -0.2) is 13.1 Å². The molecule has 0 aliphatic rings. The lowest BCUT2D eigenvalue weighted by Crippen LogP contribution is -2.27. The first-order valence-corrected chi connectivity index (χ1v) is 9.25. The van der Waals surface area contributed by atoms with Crippen molar-refractivity contribution in [3.05, 3.63) is 29.8 Å². The third-order valence-corrected chi connectivity index (χ3v) is 5.77. The number of hydrogen-bond donors (Lipinski definition) is 1. The summed E-state index contributed by atoms with van der Waals surface area (Å²) in [5, 5.41) is 8.51. The van der Waals surface area contributed by atoms with Crippen LogP contribution >= 0.6 is 0 Å². The van der Waals surface area contributed by atoms with Crippen molar-refractivity contribution < 1.29 is 12.6 Å². The normalized spacial score (nSPS) is 14.4. The van der Waals surface area contributed by atoms with E-state index in [2.05, 4.69) is 4.72 Å². The van der Waals surface area contributed by atoms with Crippen LogP contribution in [-0.4, -0.2) is 30.7 Å². The topological polar surface area (TPSA) is 87.0 Å². The number of benzene rings is 1. The highest BCUT2D eigenvalue weighted by Gasteiger charge is 2.14. The van der Waals surface area contributed by atoms with Crippen LogP contribution in [0.1, 0.15) is 18.9 Å². The molecule has 0 radical (unpaired) electrons. The van der Waals surface area contributed by atoms with Gasteiger partial charge in [0, 0.05) is 28.9 Å². The number of nitriles is 1. The first kappa shape index (κ1) is 16.8. The molecule has 0 fully saturated rings. The van der Waals surface area contributed by atoms with E-state index in [0.29, 0.717) is 6.42 Å². The van der Waals surface area contributed by atoms with Gasteiger partial charge in [0.1, 0.15) is 0 Å². The van der Waals surface area contributed by atoms with Crippen molar-refractivity contribution in [1.29, 1.82) is 5.26 Å². The lowest BCUT2D eigenvalue weighted by atomic mass is 10.2. The first-order valence-electron chi connectivity index (χ1n) is 6.14. The van der Waals surface area contributed by atoms with Crippen molar-refractivity contribution in [3.8, 4) is 6.07 Å². The molecule has 1 aromatic carbocycles. The second-order valence-electron chi connectivity index (χ2n) is 4.47. The molecule has 110 valence electrons. The fourth-order valence-corrected chi connectivity index (χ4v) is 3.02. The Balaban J connectivity index is 2.65. The van der Waals surface area contributed by atoms with Crippen LogP contribution < -0.4 is 4.72 Å². The van der Waals surface area contributed by atoms with E-state index < -0.39 is 20.8 Å². The highest BCUT2D eigenvalue weighted by Crippen LogP contribution is 2.11. The van der Waals surface area contributed by atoms with Gasteiger partial charge < -0.3 is 0 Å². The summed E-state index contributed by atoms with van der Waals surface area (Å²) in [5.41, 5.74) is 0.779. The van der Waals surface area contributed by atoms with E-state index in [-0.39, 0.29) is 23.1 Å². The Morgan fingerprint density at radius 2 is 1.95 bits per heavy atom. The van der Waals surface area contributed by atoms with Gasteiger partial charge in [-0.15, -0.1) is 0 Å². The van der Waals surface area contributed by atoms with Crippen LogP contribution in [0.2, 0.25) is 0 Å². The van der Waals surface area contributed by atoms with Gasteiger partial charge in [0.05, 0.1) is 17.4 Å². The second kappa shape index (κ2) is 7.53. The fourth-order valence-electron chi connectivity index (χ4n) is 1.52. The minimum Gasteiger partial charge on any atom is -0.260 e. The van der Waals surface area contributed by atoms with Crippen LogP contribution in [-0.2, 0) is 27.2 Å². The van der Waals surface area contributed by atoms with Crippen LogP contribution in [0.5, 0.6) is 0 Å². The maximum absolute atomic E-state index is 12.0. The Hall–Kier alpha value is -1.23. The lowest BCUT2D eigenvalue weighted by molar-refractivity contribution is 0.578. The summed E-state index contributed by atoms with van der Waals surface area (Å²) < 4.78 is 37.7. The van der Waals surface area contributed by atoms with E-state index in [4.69, 9.17) is 5.26 Å². The van der Waals surface area contributed by atoms with Gasteiger partial charge in [0.2, 0.25) is 10.0 Å². The van der Waals surface area contributed by atoms with Crippen molar-refractivity contribution >= 4 is 20.8 Å². The average Bonchev–Trinajstić information content (AvgIpc) is 2.39. The van der Waals surface area contributed by atoms with Crippen molar-refractivity contribution in [1.82, 2.24) is 4.72 Å².